The van der Waals surface area contributed by atoms with E-state index in [1.54, 1.807) is 19.2 Å². The van der Waals surface area contributed by atoms with Gasteiger partial charge in [0.2, 0.25) is 5.91 Å². The molecule has 116 valence electrons. The summed E-state index contributed by atoms with van der Waals surface area (Å²) in [7, 11) is 0. The van der Waals surface area contributed by atoms with Crippen molar-refractivity contribution in [3.63, 3.8) is 0 Å². The monoisotopic (exact) mass is 307 g/mol. The van der Waals surface area contributed by atoms with Crippen molar-refractivity contribution in [2.45, 2.75) is 19.3 Å². The zero-order valence-corrected chi connectivity index (χ0v) is 12.8. The minimum absolute atomic E-state index is 0.129. The molecule has 0 spiro atoms. The zero-order chi connectivity index (χ0) is 16.1. The van der Waals surface area contributed by atoms with Gasteiger partial charge < -0.3 is 9.84 Å². The third-order valence-corrected chi connectivity index (χ3v) is 3.54. The Kier molecular flexibility index (Phi) is 4.47. The van der Waals surface area contributed by atoms with Crippen molar-refractivity contribution in [2.75, 3.05) is 5.32 Å². The van der Waals surface area contributed by atoms with Crippen molar-refractivity contribution in [3.05, 3.63) is 77.8 Å². The van der Waals surface area contributed by atoms with Gasteiger partial charge in [-0.2, -0.15) is 0 Å². The first kappa shape index (κ1) is 15.0. The van der Waals surface area contributed by atoms with E-state index in [1.165, 1.54) is 0 Å². The smallest absolute Gasteiger partial charge is 0.233 e. The van der Waals surface area contributed by atoms with E-state index in [0.29, 0.717) is 18.0 Å². The number of carbonyl (C=O) groups is 1. The lowest BCUT2D eigenvalue weighted by Gasteiger charge is -2.16. The van der Waals surface area contributed by atoms with Gasteiger partial charge in [-0.05, 0) is 24.6 Å². The Hall–Kier alpha value is -2.95. The van der Waals surface area contributed by atoms with E-state index in [9.17, 15) is 4.79 Å². The number of amides is 1. The lowest BCUT2D eigenvalue weighted by atomic mass is 9.93. The normalized spacial score (nSPS) is 11.9. The molecule has 0 aliphatic carbocycles. The van der Waals surface area contributed by atoms with Crippen LogP contribution in [0.25, 0.3) is 0 Å². The Labute approximate surface area is 134 Å². The van der Waals surface area contributed by atoms with Crippen LogP contribution in [0, 0.1) is 6.92 Å². The van der Waals surface area contributed by atoms with Crippen molar-refractivity contribution < 1.29 is 9.32 Å². The van der Waals surface area contributed by atoms with Crippen LogP contribution in [-0.4, -0.2) is 16.0 Å². The fourth-order valence-corrected chi connectivity index (χ4v) is 2.41. The van der Waals surface area contributed by atoms with Crippen LogP contribution in [0.5, 0.6) is 0 Å². The average Bonchev–Trinajstić information content (AvgIpc) is 2.99. The lowest BCUT2D eigenvalue weighted by Crippen LogP contribution is -2.23. The Balaban J connectivity index is 1.84. The zero-order valence-electron chi connectivity index (χ0n) is 12.8. The molecule has 0 aliphatic rings. The average molecular weight is 307 g/mol. The van der Waals surface area contributed by atoms with E-state index in [-0.39, 0.29) is 11.8 Å². The molecule has 1 atom stereocenters. The Morgan fingerprint density at radius 1 is 1.17 bits per heavy atom. The fourth-order valence-electron chi connectivity index (χ4n) is 2.41. The van der Waals surface area contributed by atoms with Crippen molar-refractivity contribution in [3.8, 4) is 0 Å². The standard InChI is InChI=1S/C18H17N3O2/c1-13-11-17(21-23-13)20-18(22)16(14-7-3-2-4-8-14)12-15-9-5-6-10-19-15/h2-11,16H,12H2,1H3,(H,20,21,22). The van der Waals surface area contributed by atoms with Crippen LogP contribution < -0.4 is 5.32 Å². The number of carbonyl (C=O) groups excluding carboxylic acids is 1. The molecule has 1 amide bonds. The van der Waals surface area contributed by atoms with Gasteiger partial charge in [0, 0.05) is 24.4 Å². The Morgan fingerprint density at radius 3 is 2.61 bits per heavy atom. The molecule has 3 aromatic rings. The van der Waals surface area contributed by atoms with Gasteiger partial charge in [0.05, 0.1) is 5.92 Å². The highest BCUT2D eigenvalue weighted by atomic mass is 16.5. The number of benzene rings is 1. The summed E-state index contributed by atoms with van der Waals surface area (Å²) in [4.78, 5) is 17.0. The van der Waals surface area contributed by atoms with Gasteiger partial charge in [-0.15, -0.1) is 0 Å². The van der Waals surface area contributed by atoms with Crippen LogP contribution in [0.3, 0.4) is 0 Å². The molecule has 2 aromatic heterocycles. The van der Waals surface area contributed by atoms with Gasteiger partial charge in [-0.3, -0.25) is 9.78 Å². The SMILES string of the molecule is Cc1cc(NC(=O)C(Cc2ccccn2)c2ccccc2)no1. The molecule has 23 heavy (non-hydrogen) atoms. The molecule has 1 aromatic carbocycles. The summed E-state index contributed by atoms with van der Waals surface area (Å²) in [5, 5.41) is 6.63. The molecule has 3 rings (SSSR count). The molecule has 0 saturated carbocycles. The van der Waals surface area contributed by atoms with Crippen molar-refractivity contribution in [2.24, 2.45) is 0 Å². The van der Waals surface area contributed by atoms with Gasteiger partial charge in [-0.25, -0.2) is 0 Å². The maximum Gasteiger partial charge on any atom is 0.233 e. The van der Waals surface area contributed by atoms with Crippen LogP contribution in [0.1, 0.15) is 22.9 Å². The number of nitrogens with zero attached hydrogens (tertiary/aromatic N) is 2. The number of nitrogens with one attached hydrogen (secondary N) is 1. The van der Waals surface area contributed by atoms with Crippen molar-refractivity contribution >= 4 is 11.7 Å². The summed E-state index contributed by atoms with van der Waals surface area (Å²) in [6.07, 6.45) is 2.25. The van der Waals surface area contributed by atoms with E-state index in [4.69, 9.17) is 4.52 Å². The number of rotatable bonds is 5. The second-order valence-electron chi connectivity index (χ2n) is 5.30. The lowest BCUT2D eigenvalue weighted by molar-refractivity contribution is -0.117. The molecule has 2 heterocycles. The predicted molar refractivity (Wildman–Crippen MR) is 87.0 cm³/mol. The summed E-state index contributed by atoms with van der Waals surface area (Å²) in [6.45, 7) is 1.78. The molecule has 0 aliphatic heterocycles. The van der Waals surface area contributed by atoms with Crippen molar-refractivity contribution in [1.82, 2.24) is 10.1 Å². The minimum atomic E-state index is -0.344. The minimum Gasteiger partial charge on any atom is -0.360 e. The van der Waals surface area contributed by atoms with E-state index in [1.807, 2.05) is 48.5 Å². The van der Waals surface area contributed by atoms with Crippen LogP contribution in [0.4, 0.5) is 5.82 Å². The fraction of sp³-hybridized carbons (Fsp3) is 0.167. The summed E-state index contributed by atoms with van der Waals surface area (Å²) >= 11 is 0. The van der Waals surface area contributed by atoms with E-state index >= 15 is 0 Å². The maximum atomic E-state index is 12.7. The molecule has 1 unspecified atom stereocenters. The number of hydrogen-bond donors (Lipinski definition) is 1. The molecule has 0 radical (unpaired) electrons. The maximum absolute atomic E-state index is 12.7. The second kappa shape index (κ2) is 6.87. The highest BCUT2D eigenvalue weighted by molar-refractivity contribution is 5.95. The first-order valence-corrected chi connectivity index (χ1v) is 7.41. The third kappa shape index (κ3) is 3.83. The summed E-state index contributed by atoms with van der Waals surface area (Å²) in [6, 6.07) is 17.1. The van der Waals surface area contributed by atoms with Gasteiger partial charge in [0.1, 0.15) is 5.76 Å². The molecular formula is C18H17N3O2. The first-order valence-electron chi connectivity index (χ1n) is 7.41. The molecule has 0 fully saturated rings. The number of pyridine rings is 1. The summed E-state index contributed by atoms with van der Waals surface area (Å²) in [5.74, 6) is 0.606. The molecule has 5 nitrogen and oxygen atoms in total. The molecular weight excluding hydrogens is 290 g/mol. The van der Waals surface area contributed by atoms with E-state index < -0.39 is 0 Å². The highest BCUT2D eigenvalue weighted by Crippen LogP contribution is 2.22. The highest BCUT2D eigenvalue weighted by Gasteiger charge is 2.22. The molecule has 0 saturated heterocycles. The number of anilines is 1. The van der Waals surface area contributed by atoms with Crippen LogP contribution in [0.15, 0.2) is 65.3 Å². The van der Waals surface area contributed by atoms with Gasteiger partial charge >= 0.3 is 0 Å². The predicted octanol–water partition coefficient (Wildman–Crippen LogP) is 3.34. The van der Waals surface area contributed by atoms with Gasteiger partial charge in [-0.1, -0.05) is 41.6 Å². The molecule has 1 N–H and O–H groups in total. The van der Waals surface area contributed by atoms with Crippen LogP contribution in [-0.2, 0) is 11.2 Å². The quantitative estimate of drug-likeness (QED) is 0.785. The largest absolute Gasteiger partial charge is 0.360 e. The third-order valence-electron chi connectivity index (χ3n) is 3.54. The molecule has 5 heteroatoms. The number of hydrogen-bond acceptors (Lipinski definition) is 4. The van der Waals surface area contributed by atoms with E-state index in [2.05, 4.69) is 15.5 Å². The summed E-state index contributed by atoms with van der Waals surface area (Å²) in [5.41, 5.74) is 1.81. The second-order valence-corrected chi connectivity index (χ2v) is 5.30. The molecule has 0 bridgehead atoms. The van der Waals surface area contributed by atoms with Crippen LogP contribution >= 0.6 is 0 Å². The van der Waals surface area contributed by atoms with E-state index in [0.717, 1.165) is 11.3 Å². The van der Waals surface area contributed by atoms with Gasteiger partial charge in [0.25, 0.3) is 0 Å². The topological polar surface area (TPSA) is 68.0 Å². The Morgan fingerprint density at radius 2 is 1.96 bits per heavy atom. The Bertz CT molecular complexity index is 769. The van der Waals surface area contributed by atoms with Crippen molar-refractivity contribution in [1.29, 1.82) is 0 Å². The van der Waals surface area contributed by atoms with Crippen LogP contribution in [0.2, 0.25) is 0 Å². The number of aromatic nitrogens is 2. The summed E-state index contributed by atoms with van der Waals surface area (Å²) < 4.78 is 4.99. The number of aryl methyl sites for hydroxylation is 1. The first-order chi connectivity index (χ1) is 11.2. The van der Waals surface area contributed by atoms with Gasteiger partial charge in [0.15, 0.2) is 5.82 Å².